The zero-order chi connectivity index (χ0) is 12.8. The first-order valence-electron chi connectivity index (χ1n) is 6.61. The lowest BCUT2D eigenvalue weighted by Gasteiger charge is -2.35. The Morgan fingerprint density at radius 1 is 1.17 bits per heavy atom. The van der Waals surface area contributed by atoms with Gasteiger partial charge in [0.15, 0.2) is 0 Å². The average molecular weight is 244 g/mol. The molecule has 3 heteroatoms. The summed E-state index contributed by atoms with van der Waals surface area (Å²) in [6, 6.07) is 9.37. The van der Waals surface area contributed by atoms with E-state index in [1.165, 1.54) is 32.1 Å². The normalized spacial score (nSPS) is 18.0. The largest absolute Gasteiger partial charge is 0.493 e. The van der Waals surface area contributed by atoms with Gasteiger partial charge in [-0.2, -0.15) is 5.26 Å². The molecule has 0 unspecified atom stereocenters. The van der Waals surface area contributed by atoms with Gasteiger partial charge in [-0.3, -0.25) is 0 Å². The summed E-state index contributed by atoms with van der Waals surface area (Å²) < 4.78 is 5.85. The van der Waals surface area contributed by atoms with Crippen LogP contribution in [0.1, 0.15) is 37.7 Å². The molecule has 0 bridgehead atoms. The highest BCUT2D eigenvalue weighted by Crippen LogP contribution is 2.35. The molecule has 0 heterocycles. The number of rotatable bonds is 4. The van der Waals surface area contributed by atoms with E-state index in [9.17, 15) is 0 Å². The van der Waals surface area contributed by atoms with Gasteiger partial charge in [0.1, 0.15) is 5.75 Å². The topological polar surface area (TPSA) is 59.0 Å². The first kappa shape index (κ1) is 12.9. The van der Waals surface area contributed by atoms with Crippen molar-refractivity contribution in [2.75, 3.05) is 13.2 Å². The van der Waals surface area contributed by atoms with E-state index < -0.39 is 0 Å². The van der Waals surface area contributed by atoms with Gasteiger partial charge in [-0.05, 0) is 37.1 Å². The van der Waals surface area contributed by atoms with Gasteiger partial charge in [0.2, 0.25) is 0 Å². The predicted molar refractivity (Wildman–Crippen MR) is 71.2 cm³/mol. The van der Waals surface area contributed by atoms with Crippen LogP contribution in [0, 0.1) is 16.7 Å². The SMILES string of the molecule is N#Cc1ccc(OCC2(CN)CCCCC2)cc1. The second-order valence-corrected chi connectivity index (χ2v) is 5.19. The Hall–Kier alpha value is -1.53. The Morgan fingerprint density at radius 3 is 2.39 bits per heavy atom. The van der Waals surface area contributed by atoms with Gasteiger partial charge < -0.3 is 10.5 Å². The van der Waals surface area contributed by atoms with E-state index in [1.807, 2.05) is 12.1 Å². The minimum absolute atomic E-state index is 0.159. The van der Waals surface area contributed by atoms with E-state index in [-0.39, 0.29) is 5.41 Å². The van der Waals surface area contributed by atoms with Crippen LogP contribution in [0.5, 0.6) is 5.75 Å². The third-order valence-corrected chi connectivity index (χ3v) is 3.88. The zero-order valence-electron chi connectivity index (χ0n) is 10.7. The molecule has 0 atom stereocenters. The van der Waals surface area contributed by atoms with E-state index in [0.717, 1.165) is 5.75 Å². The van der Waals surface area contributed by atoms with Crippen LogP contribution in [0.25, 0.3) is 0 Å². The van der Waals surface area contributed by atoms with Crippen molar-refractivity contribution in [2.24, 2.45) is 11.1 Å². The van der Waals surface area contributed by atoms with E-state index >= 15 is 0 Å². The standard InChI is InChI=1S/C15H20N2O/c16-10-13-4-6-14(7-5-13)18-12-15(11-17)8-2-1-3-9-15/h4-7H,1-3,8-9,11-12,17H2. The molecule has 0 spiro atoms. The number of nitrogens with zero attached hydrogens (tertiary/aromatic N) is 1. The summed E-state index contributed by atoms with van der Waals surface area (Å²) in [5.41, 5.74) is 6.74. The summed E-state index contributed by atoms with van der Waals surface area (Å²) >= 11 is 0. The first-order valence-corrected chi connectivity index (χ1v) is 6.61. The number of nitriles is 1. The summed E-state index contributed by atoms with van der Waals surface area (Å²) in [5, 5.41) is 8.73. The van der Waals surface area contributed by atoms with E-state index in [0.29, 0.717) is 18.7 Å². The van der Waals surface area contributed by atoms with Crippen LogP contribution in [0.15, 0.2) is 24.3 Å². The second kappa shape index (κ2) is 5.88. The van der Waals surface area contributed by atoms with Crippen molar-refractivity contribution in [2.45, 2.75) is 32.1 Å². The third-order valence-electron chi connectivity index (χ3n) is 3.88. The highest BCUT2D eigenvalue weighted by Gasteiger charge is 2.31. The molecule has 2 N–H and O–H groups in total. The average Bonchev–Trinajstić information content (AvgIpc) is 2.47. The van der Waals surface area contributed by atoms with E-state index in [1.54, 1.807) is 12.1 Å². The molecule has 1 aliphatic rings. The maximum Gasteiger partial charge on any atom is 0.119 e. The fourth-order valence-electron chi connectivity index (χ4n) is 2.57. The molecule has 1 saturated carbocycles. The Balaban J connectivity index is 1.94. The van der Waals surface area contributed by atoms with Gasteiger partial charge in [0, 0.05) is 12.0 Å². The molecule has 3 nitrogen and oxygen atoms in total. The van der Waals surface area contributed by atoms with Crippen molar-refractivity contribution in [3.63, 3.8) is 0 Å². The quantitative estimate of drug-likeness (QED) is 0.886. The summed E-state index contributed by atoms with van der Waals surface area (Å²) in [6.07, 6.45) is 6.17. The summed E-state index contributed by atoms with van der Waals surface area (Å²) in [7, 11) is 0. The molecule has 0 aliphatic heterocycles. The molecular formula is C15H20N2O. The Bertz CT molecular complexity index is 413. The lowest BCUT2D eigenvalue weighted by Crippen LogP contribution is -2.38. The van der Waals surface area contributed by atoms with E-state index in [2.05, 4.69) is 6.07 Å². The fraction of sp³-hybridized carbons (Fsp3) is 0.533. The van der Waals surface area contributed by atoms with Gasteiger partial charge in [-0.15, -0.1) is 0 Å². The Morgan fingerprint density at radius 2 is 1.83 bits per heavy atom. The molecule has 18 heavy (non-hydrogen) atoms. The van der Waals surface area contributed by atoms with Crippen LogP contribution >= 0.6 is 0 Å². The number of benzene rings is 1. The number of hydrogen-bond acceptors (Lipinski definition) is 3. The van der Waals surface area contributed by atoms with Crippen LogP contribution in [-0.2, 0) is 0 Å². The number of nitrogens with two attached hydrogens (primary N) is 1. The molecule has 0 aromatic heterocycles. The molecule has 1 aromatic rings. The minimum Gasteiger partial charge on any atom is -0.493 e. The fourth-order valence-corrected chi connectivity index (χ4v) is 2.57. The molecule has 2 rings (SSSR count). The lowest BCUT2D eigenvalue weighted by molar-refractivity contribution is 0.105. The lowest BCUT2D eigenvalue weighted by atomic mass is 9.75. The number of hydrogen-bond donors (Lipinski definition) is 1. The van der Waals surface area contributed by atoms with E-state index in [4.69, 9.17) is 15.7 Å². The van der Waals surface area contributed by atoms with Crippen molar-refractivity contribution in [3.05, 3.63) is 29.8 Å². The van der Waals surface area contributed by atoms with Gasteiger partial charge >= 0.3 is 0 Å². The van der Waals surface area contributed by atoms with Crippen molar-refractivity contribution in [1.82, 2.24) is 0 Å². The van der Waals surface area contributed by atoms with Crippen LogP contribution in [0.2, 0.25) is 0 Å². The predicted octanol–water partition coefficient (Wildman–Crippen LogP) is 2.85. The highest BCUT2D eigenvalue weighted by molar-refractivity contribution is 5.34. The van der Waals surface area contributed by atoms with Crippen molar-refractivity contribution >= 4 is 0 Å². The Kier molecular flexibility index (Phi) is 4.22. The minimum atomic E-state index is 0.159. The van der Waals surface area contributed by atoms with Crippen LogP contribution in [0.3, 0.4) is 0 Å². The molecule has 1 aromatic carbocycles. The van der Waals surface area contributed by atoms with Crippen LogP contribution < -0.4 is 10.5 Å². The van der Waals surface area contributed by atoms with Crippen LogP contribution in [-0.4, -0.2) is 13.2 Å². The molecule has 0 radical (unpaired) electrons. The highest BCUT2D eigenvalue weighted by atomic mass is 16.5. The Labute approximate surface area is 109 Å². The van der Waals surface area contributed by atoms with Crippen molar-refractivity contribution < 1.29 is 4.74 Å². The number of ether oxygens (including phenoxy) is 1. The first-order chi connectivity index (χ1) is 8.78. The zero-order valence-corrected chi connectivity index (χ0v) is 10.7. The van der Waals surface area contributed by atoms with Gasteiger partial charge in [0.05, 0.1) is 18.2 Å². The monoisotopic (exact) mass is 244 g/mol. The summed E-state index contributed by atoms with van der Waals surface area (Å²) in [5.74, 6) is 0.826. The van der Waals surface area contributed by atoms with Gasteiger partial charge in [-0.1, -0.05) is 19.3 Å². The molecule has 1 aliphatic carbocycles. The molecular weight excluding hydrogens is 224 g/mol. The van der Waals surface area contributed by atoms with Gasteiger partial charge in [-0.25, -0.2) is 0 Å². The maximum atomic E-state index is 8.73. The summed E-state index contributed by atoms with van der Waals surface area (Å²) in [4.78, 5) is 0. The summed E-state index contributed by atoms with van der Waals surface area (Å²) in [6.45, 7) is 1.39. The second-order valence-electron chi connectivity index (χ2n) is 5.19. The van der Waals surface area contributed by atoms with Crippen LogP contribution in [0.4, 0.5) is 0 Å². The van der Waals surface area contributed by atoms with Crippen molar-refractivity contribution in [3.8, 4) is 11.8 Å². The van der Waals surface area contributed by atoms with Gasteiger partial charge in [0.25, 0.3) is 0 Å². The molecule has 96 valence electrons. The smallest absolute Gasteiger partial charge is 0.119 e. The molecule has 1 fully saturated rings. The maximum absolute atomic E-state index is 8.73. The van der Waals surface area contributed by atoms with Crippen molar-refractivity contribution in [1.29, 1.82) is 5.26 Å². The molecule has 0 amide bonds. The third kappa shape index (κ3) is 3.02. The molecule has 0 saturated heterocycles.